The highest BCUT2D eigenvalue weighted by atomic mass is 32.2. The molecule has 0 aromatic heterocycles. The standard InChI is InChI=1S/C8H9NO2S/c9-8-11-6-4-2-1-3-5(6)7(10)12-8/h1-4,7-8,10H,9H2/t7-,8+/m1/s1. The van der Waals surface area contributed by atoms with Gasteiger partial charge in [0.15, 0.2) is 5.56 Å². The van der Waals surface area contributed by atoms with Gasteiger partial charge in [0, 0.05) is 5.56 Å². The molecule has 1 aromatic carbocycles. The minimum absolute atomic E-state index is 0.463. The Morgan fingerprint density at radius 3 is 3.00 bits per heavy atom. The van der Waals surface area contributed by atoms with Crippen molar-refractivity contribution < 1.29 is 9.84 Å². The number of ether oxygens (including phenoxy) is 1. The van der Waals surface area contributed by atoms with Crippen molar-refractivity contribution in [2.24, 2.45) is 5.73 Å². The van der Waals surface area contributed by atoms with Crippen LogP contribution in [0.3, 0.4) is 0 Å². The maximum Gasteiger partial charge on any atom is 0.198 e. The van der Waals surface area contributed by atoms with E-state index in [1.54, 1.807) is 6.07 Å². The topological polar surface area (TPSA) is 55.5 Å². The Hall–Kier alpha value is -0.710. The van der Waals surface area contributed by atoms with Crippen LogP contribution in [0.25, 0.3) is 0 Å². The maximum absolute atomic E-state index is 9.53. The third-order valence-corrected chi connectivity index (χ3v) is 2.57. The summed E-state index contributed by atoms with van der Waals surface area (Å²) in [5.41, 5.74) is 5.29. The molecule has 3 N–H and O–H groups in total. The van der Waals surface area contributed by atoms with Crippen molar-refractivity contribution in [2.45, 2.75) is 11.0 Å². The molecule has 1 heterocycles. The third-order valence-electron chi connectivity index (χ3n) is 1.69. The fourth-order valence-electron chi connectivity index (χ4n) is 1.15. The zero-order valence-electron chi connectivity index (χ0n) is 6.31. The second kappa shape index (κ2) is 2.97. The highest BCUT2D eigenvalue weighted by Crippen LogP contribution is 2.39. The lowest BCUT2D eigenvalue weighted by atomic mass is 10.2. The Morgan fingerprint density at radius 2 is 2.17 bits per heavy atom. The van der Waals surface area contributed by atoms with Crippen LogP contribution in [0.1, 0.15) is 11.0 Å². The van der Waals surface area contributed by atoms with E-state index in [9.17, 15) is 5.11 Å². The van der Waals surface area contributed by atoms with Crippen LogP contribution in [0.15, 0.2) is 24.3 Å². The van der Waals surface area contributed by atoms with Gasteiger partial charge in [0.05, 0.1) is 0 Å². The van der Waals surface area contributed by atoms with Crippen LogP contribution in [0.2, 0.25) is 0 Å². The van der Waals surface area contributed by atoms with Gasteiger partial charge in [-0.3, -0.25) is 5.73 Å². The second-order valence-corrected chi connectivity index (χ2v) is 3.70. The molecule has 64 valence electrons. The summed E-state index contributed by atoms with van der Waals surface area (Å²) in [6, 6.07) is 7.36. The number of benzene rings is 1. The van der Waals surface area contributed by atoms with E-state index in [1.807, 2.05) is 18.2 Å². The van der Waals surface area contributed by atoms with E-state index < -0.39 is 11.0 Å². The molecule has 0 fully saturated rings. The molecule has 2 atom stereocenters. The normalized spacial score (nSPS) is 27.5. The smallest absolute Gasteiger partial charge is 0.198 e. The van der Waals surface area contributed by atoms with Crippen molar-refractivity contribution in [1.29, 1.82) is 0 Å². The predicted octanol–water partition coefficient (Wildman–Crippen LogP) is 1.05. The lowest BCUT2D eigenvalue weighted by Crippen LogP contribution is -2.28. The lowest BCUT2D eigenvalue weighted by Gasteiger charge is -2.25. The summed E-state index contributed by atoms with van der Waals surface area (Å²) in [4.78, 5) is 0. The zero-order chi connectivity index (χ0) is 8.55. The predicted molar refractivity (Wildman–Crippen MR) is 47.6 cm³/mol. The van der Waals surface area contributed by atoms with Crippen LogP contribution in [-0.2, 0) is 0 Å². The van der Waals surface area contributed by atoms with E-state index in [0.29, 0.717) is 5.75 Å². The van der Waals surface area contributed by atoms with Crippen molar-refractivity contribution in [3.63, 3.8) is 0 Å². The Labute approximate surface area is 74.5 Å². The van der Waals surface area contributed by atoms with Crippen LogP contribution < -0.4 is 10.5 Å². The molecule has 0 aliphatic carbocycles. The Morgan fingerprint density at radius 1 is 1.42 bits per heavy atom. The molecule has 0 saturated heterocycles. The lowest BCUT2D eigenvalue weighted by molar-refractivity contribution is 0.221. The summed E-state index contributed by atoms with van der Waals surface area (Å²) in [5.74, 6) is 0.677. The first kappa shape index (κ1) is 7.91. The minimum Gasteiger partial charge on any atom is -0.466 e. The third kappa shape index (κ3) is 1.29. The van der Waals surface area contributed by atoms with E-state index in [2.05, 4.69) is 0 Å². The van der Waals surface area contributed by atoms with Gasteiger partial charge in [-0.15, -0.1) is 0 Å². The molecule has 1 aromatic rings. The molecule has 1 aliphatic heterocycles. The van der Waals surface area contributed by atoms with Crippen LogP contribution in [0.4, 0.5) is 0 Å². The zero-order valence-corrected chi connectivity index (χ0v) is 7.12. The molecular weight excluding hydrogens is 174 g/mol. The number of aliphatic hydroxyl groups is 1. The summed E-state index contributed by atoms with van der Waals surface area (Å²) in [6.07, 6.45) is 0. The van der Waals surface area contributed by atoms with Crippen molar-refractivity contribution in [1.82, 2.24) is 0 Å². The van der Waals surface area contributed by atoms with Crippen LogP contribution in [-0.4, -0.2) is 10.7 Å². The van der Waals surface area contributed by atoms with Gasteiger partial charge in [0.1, 0.15) is 11.2 Å². The summed E-state index contributed by atoms with van der Waals surface area (Å²) in [7, 11) is 0. The summed E-state index contributed by atoms with van der Waals surface area (Å²) < 4.78 is 5.28. The van der Waals surface area contributed by atoms with Crippen LogP contribution in [0.5, 0.6) is 5.75 Å². The van der Waals surface area contributed by atoms with Gasteiger partial charge < -0.3 is 9.84 Å². The van der Waals surface area contributed by atoms with Gasteiger partial charge in [-0.05, 0) is 6.07 Å². The second-order valence-electron chi connectivity index (χ2n) is 2.51. The van der Waals surface area contributed by atoms with Crippen molar-refractivity contribution in [3.8, 4) is 5.75 Å². The molecular formula is C8H9NO2S. The van der Waals surface area contributed by atoms with Gasteiger partial charge in [-0.1, -0.05) is 30.0 Å². The van der Waals surface area contributed by atoms with Gasteiger partial charge in [-0.2, -0.15) is 0 Å². The molecule has 4 heteroatoms. The van der Waals surface area contributed by atoms with E-state index >= 15 is 0 Å². The van der Waals surface area contributed by atoms with Crippen LogP contribution in [0, 0.1) is 0 Å². The van der Waals surface area contributed by atoms with E-state index in [4.69, 9.17) is 10.5 Å². The monoisotopic (exact) mass is 183 g/mol. The fourth-order valence-corrected chi connectivity index (χ4v) is 1.90. The Balaban J connectivity index is 2.40. The number of hydrogen-bond donors (Lipinski definition) is 2. The number of hydrogen-bond acceptors (Lipinski definition) is 4. The largest absolute Gasteiger partial charge is 0.466 e. The molecule has 12 heavy (non-hydrogen) atoms. The number of nitrogens with two attached hydrogens (primary N) is 1. The minimum atomic E-state index is -0.565. The highest BCUT2D eigenvalue weighted by molar-refractivity contribution is 7.99. The first-order valence-electron chi connectivity index (χ1n) is 3.62. The van der Waals surface area contributed by atoms with Crippen molar-refractivity contribution in [2.75, 3.05) is 0 Å². The Kier molecular flexibility index (Phi) is 1.96. The molecule has 1 aliphatic rings. The first-order chi connectivity index (χ1) is 5.77. The molecule has 0 spiro atoms. The summed E-state index contributed by atoms with van der Waals surface area (Å²) in [5, 5.41) is 9.53. The van der Waals surface area contributed by atoms with E-state index in [-0.39, 0.29) is 0 Å². The Bertz CT molecular complexity index is 292. The fraction of sp³-hybridized carbons (Fsp3) is 0.250. The quantitative estimate of drug-likeness (QED) is 0.631. The van der Waals surface area contributed by atoms with E-state index in [0.717, 1.165) is 5.56 Å². The van der Waals surface area contributed by atoms with Crippen molar-refractivity contribution in [3.05, 3.63) is 29.8 Å². The SMILES string of the molecule is N[C@H]1Oc2ccccc2[C@H](O)S1. The first-order valence-corrected chi connectivity index (χ1v) is 4.56. The summed E-state index contributed by atoms with van der Waals surface area (Å²) in [6.45, 7) is 0. The molecule has 0 unspecified atom stereocenters. The van der Waals surface area contributed by atoms with Crippen LogP contribution >= 0.6 is 11.8 Å². The maximum atomic E-state index is 9.53. The molecule has 0 bridgehead atoms. The molecule has 2 rings (SSSR count). The number of para-hydroxylation sites is 1. The van der Waals surface area contributed by atoms with E-state index in [1.165, 1.54) is 11.8 Å². The average molecular weight is 183 g/mol. The van der Waals surface area contributed by atoms with Gasteiger partial charge >= 0.3 is 0 Å². The van der Waals surface area contributed by atoms with Gasteiger partial charge in [-0.25, -0.2) is 0 Å². The molecule has 3 nitrogen and oxygen atoms in total. The molecule has 0 amide bonds. The highest BCUT2D eigenvalue weighted by Gasteiger charge is 2.23. The number of rotatable bonds is 0. The number of aliphatic hydroxyl groups excluding tert-OH is 1. The molecule has 0 radical (unpaired) electrons. The summed E-state index contributed by atoms with van der Waals surface area (Å²) >= 11 is 1.19. The van der Waals surface area contributed by atoms with Crippen molar-refractivity contribution >= 4 is 11.8 Å². The van der Waals surface area contributed by atoms with Gasteiger partial charge in [0.2, 0.25) is 0 Å². The number of fused-ring (bicyclic) bond motifs is 1. The van der Waals surface area contributed by atoms with Gasteiger partial charge in [0.25, 0.3) is 0 Å². The average Bonchev–Trinajstić information content (AvgIpc) is 2.04. The number of thioether (sulfide) groups is 1. The molecule has 0 saturated carbocycles.